The number of nitrogens with zero attached hydrogens (tertiary/aromatic N) is 3. The summed E-state index contributed by atoms with van der Waals surface area (Å²) in [6.45, 7) is 2.99. The van der Waals surface area contributed by atoms with Gasteiger partial charge in [0.1, 0.15) is 11.6 Å². The topological polar surface area (TPSA) is 47.4 Å². The average Bonchev–Trinajstić information content (AvgIpc) is 3.19. The zero-order chi connectivity index (χ0) is 22.0. The minimum atomic E-state index is -0.459. The quantitative estimate of drug-likeness (QED) is 0.514. The first-order valence-corrected chi connectivity index (χ1v) is 10.4. The highest BCUT2D eigenvalue weighted by Crippen LogP contribution is 2.28. The van der Waals surface area contributed by atoms with E-state index in [0.717, 1.165) is 34.5 Å². The lowest BCUT2D eigenvalue weighted by atomic mass is 10.00. The van der Waals surface area contributed by atoms with Gasteiger partial charge in [0.15, 0.2) is 0 Å². The number of aryl methyl sites for hydroxylation is 1. The summed E-state index contributed by atoms with van der Waals surface area (Å²) in [6, 6.07) is 10.4. The Bertz CT molecular complexity index is 1160. The van der Waals surface area contributed by atoms with Crippen molar-refractivity contribution in [1.82, 2.24) is 14.5 Å². The molecular weight excluding hydrogens is 417 g/mol. The zero-order valence-corrected chi connectivity index (χ0v) is 18.2. The highest BCUT2D eigenvalue weighted by Gasteiger charge is 2.23. The maximum atomic E-state index is 13.4. The molecule has 4 rings (SSSR count). The van der Waals surface area contributed by atoms with E-state index in [1.54, 1.807) is 30.5 Å². The molecule has 0 radical (unpaired) electrons. The van der Waals surface area contributed by atoms with E-state index in [0.29, 0.717) is 25.3 Å². The Labute approximate surface area is 185 Å². The molecule has 0 unspecified atom stereocenters. The summed E-state index contributed by atoms with van der Waals surface area (Å²) in [5.41, 5.74) is 4.25. The van der Waals surface area contributed by atoms with Gasteiger partial charge in [-0.25, -0.2) is 9.37 Å². The Morgan fingerprint density at radius 1 is 1.26 bits per heavy atom. The molecule has 0 bridgehead atoms. The Hall–Kier alpha value is -3.12. The highest BCUT2D eigenvalue weighted by atomic mass is 35.5. The molecule has 31 heavy (non-hydrogen) atoms. The summed E-state index contributed by atoms with van der Waals surface area (Å²) in [5.74, 6) is 0.229. The summed E-state index contributed by atoms with van der Waals surface area (Å²) < 4.78 is 20.9. The van der Waals surface area contributed by atoms with Crippen LogP contribution in [0.5, 0.6) is 5.75 Å². The first kappa shape index (κ1) is 21.1. The van der Waals surface area contributed by atoms with Gasteiger partial charge in [0.25, 0.3) is 0 Å². The van der Waals surface area contributed by atoms with E-state index in [9.17, 15) is 9.18 Å². The van der Waals surface area contributed by atoms with Crippen molar-refractivity contribution in [2.24, 2.45) is 0 Å². The van der Waals surface area contributed by atoms with E-state index in [1.807, 2.05) is 42.0 Å². The first-order chi connectivity index (χ1) is 14.9. The fourth-order valence-corrected chi connectivity index (χ4v) is 3.97. The normalized spacial score (nSPS) is 15.5. The van der Waals surface area contributed by atoms with Gasteiger partial charge in [0.2, 0.25) is 5.91 Å². The van der Waals surface area contributed by atoms with Crippen LogP contribution in [0, 0.1) is 12.7 Å². The molecule has 160 valence electrons. The predicted molar refractivity (Wildman–Crippen MR) is 119 cm³/mol. The summed E-state index contributed by atoms with van der Waals surface area (Å²) >= 11 is 5.88. The van der Waals surface area contributed by atoms with Crippen molar-refractivity contribution in [3.8, 4) is 11.4 Å². The second-order valence-corrected chi connectivity index (χ2v) is 8.01. The molecular formula is C24H23ClFN3O2. The van der Waals surface area contributed by atoms with Crippen LogP contribution in [0.2, 0.25) is 5.02 Å². The molecule has 0 aliphatic carbocycles. The van der Waals surface area contributed by atoms with Crippen molar-refractivity contribution in [2.75, 3.05) is 13.7 Å². The molecule has 0 saturated carbocycles. The second-order valence-electron chi connectivity index (χ2n) is 7.60. The van der Waals surface area contributed by atoms with Gasteiger partial charge in [0.05, 0.1) is 29.8 Å². The Morgan fingerprint density at radius 3 is 2.81 bits per heavy atom. The van der Waals surface area contributed by atoms with Gasteiger partial charge in [0, 0.05) is 24.9 Å². The molecule has 0 spiro atoms. The number of halogens is 2. The van der Waals surface area contributed by atoms with E-state index in [-0.39, 0.29) is 10.9 Å². The molecule has 1 aromatic heterocycles. The van der Waals surface area contributed by atoms with Crippen LogP contribution in [0.3, 0.4) is 0 Å². The molecule has 0 N–H and O–H groups in total. The van der Waals surface area contributed by atoms with Gasteiger partial charge < -0.3 is 14.2 Å². The van der Waals surface area contributed by atoms with Crippen LogP contribution in [-0.2, 0) is 11.3 Å². The van der Waals surface area contributed by atoms with Gasteiger partial charge in [-0.2, -0.15) is 0 Å². The van der Waals surface area contributed by atoms with Crippen molar-refractivity contribution in [1.29, 1.82) is 0 Å². The number of piperidine rings is 1. The number of methoxy groups -OCH3 is 1. The number of carbonyl (C=O) groups is 1. The second kappa shape index (κ2) is 8.94. The zero-order valence-electron chi connectivity index (χ0n) is 17.4. The third kappa shape index (κ3) is 4.64. The smallest absolute Gasteiger partial charge is 0.250 e. The standard InChI is InChI=1S/C24H23ClFN3O2/c1-16-13-29(15-27-16)22-8-6-17(12-23(22)31-2)10-19-4-3-9-28(24(19)30)14-18-5-7-21(26)20(25)11-18/h5-8,10-13,15H,3-4,9,14H2,1-2H3. The van der Waals surface area contributed by atoms with Crippen LogP contribution in [0.25, 0.3) is 11.8 Å². The van der Waals surface area contributed by atoms with E-state index in [4.69, 9.17) is 16.3 Å². The van der Waals surface area contributed by atoms with Crippen molar-refractivity contribution < 1.29 is 13.9 Å². The number of hydrogen-bond donors (Lipinski definition) is 0. The molecule has 1 amide bonds. The summed E-state index contributed by atoms with van der Waals surface area (Å²) in [5, 5.41) is 0.0676. The number of carbonyl (C=O) groups excluding carboxylic acids is 1. The lowest BCUT2D eigenvalue weighted by Gasteiger charge is -2.28. The molecule has 1 fully saturated rings. The highest BCUT2D eigenvalue weighted by molar-refractivity contribution is 6.30. The van der Waals surface area contributed by atoms with Gasteiger partial charge in [-0.1, -0.05) is 23.7 Å². The third-order valence-corrected chi connectivity index (χ3v) is 5.62. The van der Waals surface area contributed by atoms with Crippen LogP contribution in [0.1, 0.15) is 29.7 Å². The lowest BCUT2D eigenvalue weighted by Crippen LogP contribution is -2.36. The van der Waals surface area contributed by atoms with E-state index in [2.05, 4.69) is 4.98 Å². The van der Waals surface area contributed by atoms with Crippen LogP contribution in [0.15, 0.2) is 54.5 Å². The molecule has 2 aromatic carbocycles. The average molecular weight is 440 g/mol. The maximum Gasteiger partial charge on any atom is 0.250 e. The molecule has 5 nitrogen and oxygen atoms in total. The SMILES string of the molecule is COc1cc(C=C2CCCN(Cc3ccc(F)c(Cl)c3)C2=O)ccc1-n1cnc(C)c1. The van der Waals surface area contributed by atoms with Crippen molar-refractivity contribution in [3.63, 3.8) is 0 Å². The summed E-state index contributed by atoms with van der Waals surface area (Å²) in [6.07, 6.45) is 7.17. The molecule has 1 saturated heterocycles. The maximum absolute atomic E-state index is 13.4. The molecule has 0 atom stereocenters. The number of benzene rings is 2. The Morgan fingerprint density at radius 2 is 2.10 bits per heavy atom. The minimum Gasteiger partial charge on any atom is -0.495 e. The number of ether oxygens (including phenoxy) is 1. The van der Waals surface area contributed by atoms with Gasteiger partial charge in [-0.3, -0.25) is 4.79 Å². The van der Waals surface area contributed by atoms with Gasteiger partial charge >= 0.3 is 0 Å². The van der Waals surface area contributed by atoms with Crippen molar-refractivity contribution in [3.05, 3.63) is 82.2 Å². The van der Waals surface area contributed by atoms with E-state index < -0.39 is 5.82 Å². The molecule has 1 aliphatic heterocycles. The molecule has 7 heteroatoms. The third-order valence-electron chi connectivity index (χ3n) is 5.33. The Kier molecular flexibility index (Phi) is 6.09. The van der Waals surface area contributed by atoms with Crippen molar-refractivity contribution >= 4 is 23.6 Å². The monoisotopic (exact) mass is 439 g/mol. The predicted octanol–water partition coefficient (Wildman–Crippen LogP) is 5.19. The van der Waals surface area contributed by atoms with E-state index >= 15 is 0 Å². The minimum absolute atomic E-state index is 0.0139. The van der Waals surface area contributed by atoms with Crippen LogP contribution in [0.4, 0.5) is 4.39 Å². The van der Waals surface area contributed by atoms with Crippen LogP contribution in [-0.4, -0.2) is 34.0 Å². The van der Waals surface area contributed by atoms with Crippen LogP contribution < -0.4 is 4.74 Å². The van der Waals surface area contributed by atoms with Crippen molar-refractivity contribution in [2.45, 2.75) is 26.3 Å². The Balaban J connectivity index is 1.56. The summed E-state index contributed by atoms with van der Waals surface area (Å²) in [7, 11) is 1.63. The molecule has 2 heterocycles. The van der Waals surface area contributed by atoms with Gasteiger partial charge in [-0.05, 0) is 61.2 Å². The number of likely N-dealkylation sites (tertiary alicyclic amines) is 1. The molecule has 3 aromatic rings. The largest absolute Gasteiger partial charge is 0.495 e. The van der Waals surface area contributed by atoms with E-state index in [1.165, 1.54) is 6.07 Å². The number of imidazole rings is 1. The first-order valence-electron chi connectivity index (χ1n) is 10.1. The fourth-order valence-electron chi connectivity index (χ4n) is 3.77. The summed E-state index contributed by atoms with van der Waals surface area (Å²) in [4.78, 5) is 19.1. The number of hydrogen-bond acceptors (Lipinski definition) is 3. The molecule has 1 aliphatic rings. The fraction of sp³-hybridized carbons (Fsp3) is 0.250. The lowest BCUT2D eigenvalue weighted by molar-refractivity contribution is -0.129. The van der Waals surface area contributed by atoms with Gasteiger partial charge in [-0.15, -0.1) is 0 Å². The number of rotatable bonds is 5. The number of aromatic nitrogens is 2. The van der Waals surface area contributed by atoms with Crippen LogP contribution >= 0.6 is 11.6 Å². The number of amides is 1.